The minimum Gasteiger partial charge on any atom is -0.380 e. The highest BCUT2D eigenvalue weighted by Gasteiger charge is 2.11. The molecule has 1 rings (SSSR count). The lowest BCUT2D eigenvalue weighted by atomic mass is 10.2. The standard InChI is InChI=1S/C9H16N2OS/c1-3-10-8(5-12-4-2)9-6-13-7-11-9/h6-8,10H,3-5H2,1-2H3. The van der Waals surface area contributed by atoms with Gasteiger partial charge in [0, 0.05) is 12.0 Å². The van der Waals surface area contributed by atoms with E-state index in [1.54, 1.807) is 11.3 Å². The molecule has 0 aliphatic rings. The van der Waals surface area contributed by atoms with E-state index in [0.717, 1.165) is 18.8 Å². The van der Waals surface area contributed by atoms with Gasteiger partial charge in [-0.2, -0.15) is 0 Å². The number of likely N-dealkylation sites (N-methyl/N-ethyl adjacent to an activating group) is 1. The summed E-state index contributed by atoms with van der Waals surface area (Å²) in [7, 11) is 0. The molecule has 3 nitrogen and oxygen atoms in total. The van der Waals surface area contributed by atoms with Gasteiger partial charge >= 0.3 is 0 Å². The van der Waals surface area contributed by atoms with Crippen LogP contribution in [0.5, 0.6) is 0 Å². The zero-order valence-corrected chi connectivity index (χ0v) is 8.93. The molecule has 0 aliphatic carbocycles. The van der Waals surface area contributed by atoms with Crippen LogP contribution >= 0.6 is 11.3 Å². The quantitative estimate of drug-likeness (QED) is 0.760. The lowest BCUT2D eigenvalue weighted by molar-refractivity contribution is 0.122. The van der Waals surface area contributed by atoms with E-state index in [2.05, 4.69) is 22.6 Å². The summed E-state index contributed by atoms with van der Waals surface area (Å²) >= 11 is 1.62. The Bertz CT molecular complexity index is 213. The van der Waals surface area contributed by atoms with Crippen molar-refractivity contribution in [3.8, 4) is 0 Å². The van der Waals surface area contributed by atoms with Gasteiger partial charge in [-0.25, -0.2) is 4.98 Å². The average molecular weight is 200 g/mol. The van der Waals surface area contributed by atoms with E-state index in [4.69, 9.17) is 4.74 Å². The van der Waals surface area contributed by atoms with Crippen molar-refractivity contribution in [2.45, 2.75) is 19.9 Å². The third kappa shape index (κ3) is 3.42. The predicted octanol–water partition coefficient (Wildman–Crippen LogP) is 1.83. The molecule has 0 amide bonds. The predicted molar refractivity (Wildman–Crippen MR) is 55.0 cm³/mol. The molecule has 0 saturated heterocycles. The van der Waals surface area contributed by atoms with E-state index in [9.17, 15) is 0 Å². The van der Waals surface area contributed by atoms with Crippen LogP contribution in [0.3, 0.4) is 0 Å². The van der Waals surface area contributed by atoms with Crippen LogP contribution in [0.1, 0.15) is 25.6 Å². The SMILES string of the molecule is CCNC(COCC)c1cscn1. The molecular weight excluding hydrogens is 184 g/mol. The maximum Gasteiger partial charge on any atom is 0.0795 e. The fourth-order valence-electron chi connectivity index (χ4n) is 1.12. The van der Waals surface area contributed by atoms with Crippen LogP contribution in [0, 0.1) is 0 Å². The summed E-state index contributed by atoms with van der Waals surface area (Å²) < 4.78 is 5.37. The minimum absolute atomic E-state index is 0.246. The highest BCUT2D eigenvalue weighted by Crippen LogP contribution is 2.12. The molecular formula is C9H16N2OS. The largest absolute Gasteiger partial charge is 0.380 e. The molecule has 0 aliphatic heterocycles. The zero-order valence-electron chi connectivity index (χ0n) is 8.12. The second kappa shape index (κ2) is 6.07. The molecule has 0 fully saturated rings. The molecule has 1 unspecified atom stereocenters. The summed E-state index contributed by atoms with van der Waals surface area (Å²) in [5, 5.41) is 5.40. The summed E-state index contributed by atoms with van der Waals surface area (Å²) in [4.78, 5) is 4.26. The molecule has 74 valence electrons. The number of ether oxygens (including phenoxy) is 1. The second-order valence-corrected chi connectivity index (χ2v) is 3.40. The molecule has 1 aromatic heterocycles. The van der Waals surface area contributed by atoms with Crippen molar-refractivity contribution in [1.29, 1.82) is 0 Å². The van der Waals surface area contributed by atoms with Crippen LogP contribution in [0.15, 0.2) is 10.9 Å². The molecule has 4 heteroatoms. The summed E-state index contributed by atoms with van der Waals surface area (Å²) in [6, 6.07) is 0.246. The molecule has 0 radical (unpaired) electrons. The first kappa shape index (κ1) is 10.6. The Morgan fingerprint density at radius 1 is 1.62 bits per heavy atom. The Morgan fingerprint density at radius 3 is 3.00 bits per heavy atom. The minimum atomic E-state index is 0.246. The van der Waals surface area contributed by atoms with Crippen LogP contribution < -0.4 is 5.32 Å². The van der Waals surface area contributed by atoms with Gasteiger partial charge in [-0.1, -0.05) is 6.92 Å². The number of thiazole rings is 1. The van der Waals surface area contributed by atoms with E-state index in [1.807, 2.05) is 12.4 Å². The van der Waals surface area contributed by atoms with Gasteiger partial charge in [0.25, 0.3) is 0 Å². The molecule has 0 spiro atoms. The smallest absolute Gasteiger partial charge is 0.0795 e. The number of hydrogen-bond donors (Lipinski definition) is 1. The van der Waals surface area contributed by atoms with Gasteiger partial charge in [-0.3, -0.25) is 0 Å². The topological polar surface area (TPSA) is 34.1 Å². The Hall–Kier alpha value is -0.450. The zero-order chi connectivity index (χ0) is 9.52. The number of nitrogens with zero attached hydrogens (tertiary/aromatic N) is 1. The Labute approximate surface area is 83.1 Å². The van der Waals surface area contributed by atoms with E-state index >= 15 is 0 Å². The Kier molecular flexibility index (Phi) is 4.97. The van der Waals surface area contributed by atoms with Crippen LogP contribution in [-0.4, -0.2) is 24.7 Å². The Morgan fingerprint density at radius 2 is 2.46 bits per heavy atom. The van der Waals surface area contributed by atoms with Crippen molar-refractivity contribution in [3.05, 3.63) is 16.6 Å². The van der Waals surface area contributed by atoms with E-state index in [0.29, 0.717) is 6.61 Å². The molecule has 0 bridgehead atoms. The number of rotatable bonds is 6. The summed E-state index contributed by atoms with van der Waals surface area (Å²) in [6.07, 6.45) is 0. The molecule has 1 atom stereocenters. The first-order chi connectivity index (χ1) is 6.38. The lowest BCUT2D eigenvalue weighted by Gasteiger charge is -2.14. The van der Waals surface area contributed by atoms with Gasteiger partial charge in [0.2, 0.25) is 0 Å². The highest BCUT2D eigenvalue weighted by atomic mass is 32.1. The monoisotopic (exact) mass is 200 g/mol. The summed E-state index contributed by atoms with van der Waals surface area (Å²) in [5.74, 6) is 0. The van der Waals surface area contributed by atoms with Crippen molar-refractivity contribution in [2.24, 2.45) is 0 Å². The third-order valence-corrected chi connectivity index (χ3v) is 2.35. The van der Waals surface area contributed by atoms with Crippen LogP contribution in [0.25, 0.3) is 0 Å². The van der Waals surface area contributed by atoms with Crippen molar-refractivity contribution >= 4 is 11.3 Å². The number of aromatic nitrogens is 1. The molecule has 0 saturated carbocycles. The van der Waals surface area contributed by atoms with Gasteiger partial charge in [-0.15, -0.1) is 11.3 Å². The first-order valence-corrected chi connectivity index (χ1v) is 5.52. The van der Waals surface area contributed by atoms with Gasteiger partial charge in [0.15, 0.2) is 0 Å². The molecule has 1 aromatic rings. The van der Waals surface area contributed by atoms with Crippen LogP contribution in [-0.2, 0) is 4.74 Å². The van der Waals surface area contributed by atoms with Crippen LogP contribution in [0.4, 0.5) is 0 Å². The fourth-order valence-corrected chi connectivity index (χ4v) is 1.73. The van der Waals surface area contributed by atoms with Gasteiger partial charge < -0.3 is 10.1 Å². The van der Waals surface area contributed by atoms with Crippen molar-refractivity contribution in [1.82, 2.24) is 10.3 Å². The van der Waals surface area contributed by atoms with E-state index in [-0.39, 0.29) is 6.04 Å². The molecule has 13 heavy (non-hydrogen) atoms. The number of nitrogens with one attached hydrogen (secondary N) is 1. The highest BCUT2D eigenvalue weighted by molar-refractivity contribution is 7.07. The third-order valence-electron chi connectivity index (χ3n) is 1.75. The number of hydrogen-bond acceptors (Lipinski definition) is 4. The molecule has 1 N–H and O–H groups in total. The first-order valence-electron chi connectivity index (χ1n) is 4.57. The van der Waals surface area contributed by atoms with E-state index in [1.165, 1.54) is 0 Å². The maximum atomic E-state index is 5.37. The lowest BCUT2D eigenvalue weighted by Crippen LogP contribution is -2.25. The van der Waals surface area contributed by atoms with Gasteiger partial charge in [0.05, 0.1) is 23.9 Å². The average Bonchev–Trinajstić information content (AvgIpc) is 2.65. The van der Waals surface area contributed by atoms with Crippen molar-refractivity contribution < 1.29 is 4.74 Å². The maximum absolute atomic E-state index is 5.37. The fraction of sp³-hybridized carbons (Fsp3) is 0.667. The van der Waals surface area contributed by atoms with Crippen molar-refractivity contribution in [2.75, 3.05) is 19.8 Å². The summed E-state index contributed by atoms with van der Waals surface area (Å²) in [5.41, 5.74) is 2.94. The normalized spacial score (nSPS) is 13.1. The van der Waals surface area contributed by atoms with Crippen LogP contribution in [0.2, 0.25) is 0 Å². The Balaban J connectivity index is 2.47. The summed E-state index contributed by atoms with van der Waals surface area (Å²) in [6.45, 7) is 6.49. The van der Waals surface area contributed by atoms with Gasteiger partial charge in [0.1, 0.15) is 0 Å². The molecule has 0 aromatic carbocycles. The van der Waals surface area contributed by atoms with Gasteiger partial charge in [-0.05, 0) is 13.5 Å². The van der Waals surface area contributed by atoms with E-state index < -0.39 is 0 Å². The molecule has 1 heterocycles. The van der Waals surface area contributed by atoms with Crippen molar-refractivity contribution in [3.63, 3.8) is 0 Å². The second-order valence-electron chi connectivity index (χ2n) is 2.68.